The fraction of sp³-hybridized carbons (Fsp3) is 0.125. The third-order valence-corrected chi connectivity index (χ3v) is 2.96. The summed E-state index contributed by atoms with van der Waals surface area (Å²) in [4.78, 5) is 11.9. The fourth-order valence-corrected chi connectivity index (χ4v) is 1.76. The van der Waals surface area contributed by atoms with Crippen LogP contribution in [0.25, 0.3) is 0 Å². The Morgan fingerprint density at radius 3 is 2.52 bits per heavy atom. The number of hydrogen-bond donors (Lipinski definition) is 2. The molecule has 2 aromatic rings. The molecule has 1 amide bonds. The Morgan fingerprint density at radius 2 is 1.86 bits per heavy atom. The molecule has 0 aromatic heterocycles. The number of nitrogens with zero attached hydrogens (tertiary/aromatic N) is 1. The summed E-state index contributed by atoms with van der Waals surface area (Å²) in [5, 5.41) is 13.6. The molecule has 0 fully saturated rings. The molecule has 5 heteroatoms. The SMILES string of the molecule is COc1cc(/C(C)=N/NC(=O)c2ccccc2)ccc1O. The van der Waals surface area contributed by atoms with E-state index in [4.69, 9.17) is 4.74 Å². The molecule has 0 aliphatic heterocycles. The number of aromatic hydroxyl groups is 1. The summed E-state index contributed by atoms with van der Waals surface area (Å²) in [5.74, 6) is 0.138. The number of hydrogen-bond acceptors (Lipinski definition) is 4. The Bertz CT molecular complexity index is 666. The van der Waals surface area contributed by atoms with Gasteiger partial charge in [0.05, 0.1) is 12.8 Å². The quantitative estimate of drug-likeness (QED) is 0.669. The van der Waals surface area contributed by atoms with Gasteiger partial charge in [0.15, 0.2) is 11.5 Å². The average molecular weight is 284 g/mol. The Morgan fingerprint density at radius 1 is 1.14 bits per heavy atom. The van der Waals surface area contributed by atoms with E-state index in [1.807, 2.05) is 6.07 Å². The summed E-state index contributed by atoms with van der Waals surface area (Å²) in [6.07, 6.45) is 0. The number of methoxy groups -OCH3 is 1. The second kappa shape index (κ2) is 6.56. The van der Waals surface area contributed by atoms with Crippen molar-refractivity contribution in [1.29, 1.82) is 0 Å². The molecule has 0 aliphatic carbocycles. The van der Waals surface area contributed by atoms with E-state index in [-0.39, 0.29) is 11.7 Å². The van der Waals surface area contributed by atoms with Crippen molar-refractivity contribution in [3.63, 3.8) is 0 Å². The lowest BCUT2D eigenvalue weighted by Gasteiger charge is -2.07. The van der Waals surface area contributed by atoms with Gasteiger partial charge in [0.1, 0.15) is 0 Å². The van der Waals surface area contributed by atoms with E-state index in [1.165, 1.54) is 13.2 Å². The van der Waals surface area contributed by atoms with Crippen LogP contribution in [-0.4, -0.2) is 23.8 Å². The third-order valence-electron chi connectivity index (χ3n) is 2.96. The van der Waals surface area contributed by atoms with E-state index < -0.39 is 0 Å². The topological polar surface area (TPSA) is 70.9 Å². The van der Waals surface area contributed by atoms with Crippen LogP contribution in [0.4, 0.5) is 0 Å². The summed E-state index contributed by atoms with van der Waals surface area (Å²) in [7, 11) is 1.47. The predicted molar refractivity (Wildman–Crippen MR) is 80.8 cm³/mol. The first-order chi connectivity index (χ1) is 10.1. The van der Waals surface area contributed by atoms with Crippen LogP contribution in [0.15, 0.2) is 53.6 Å². The number of phenolic OH excluding ortho intramolecular Hbond substituents is 1. The maximum atomic E-state index is 11.9. The van der Waals surface area contributed by atoms with Gasteiger partial charge in [0, 0.05) is 11.1 Å². The molecule has 2 rings (SSSR count). The molecular weight excluding hydrogens is 268 g/mol. The fourth-order valence-electron chi connectivity index (χ4n) is 1.76. The van der Waals surface area contributed by atoms with E-state index in [9.17, 15) is 9.90 Å². The summed E-state index contributed by atoms with van der Waals surface area (Å²) in [5.41, 5.74) is 4.39. The molecule has 2 aromatic carbocycles. The molecule has 0 heterocycles. The molecule has 108 valence electrons. The average Bonchev–Trinajstić information content (AvgIpc) is 2.53. The maximum Gasteiger partial charge on any atom is 0.271 e. The normalized spacial score (nSPS) is 11.0. The predicted octanol–water partition coefficient (Wildman–Crippen LogP) is 2.55. The molecule has 5 nitrogen and oxygen atoms in total. The minimum atomic E-state index is -0.277. The first-order valence-electron chi connectivity index (χ1n) is 6.39. The van der Waals surface area contributed by atoms with Crippen molar-refractivity contribution in [3.05, 3.63) is 59.7 Å². The van der Waals surface area contributed by atoms with Gasteiger partial charge < -0.3 is 9.84 Å². The standard InChI is InChI=1S/C16H16N2O3/c1-11(13-8-9-14(19)15(10-13)21-2)17-18-16(20)12-6-4-3-5-7-12/h3-10,19H,1-2H3,(H,18,20)/b17-11+. The summed E-state index contributed by atoms with van der Waals surface area (Å²) in [6, 6.07) is 13.7. The second-order valence-corrected chi connectivity index (χ2v) is 4.39. The molecule has 0 saturated heterocycles. The van der Waals surface area contributed by atoms with Crippen LogP contribution in [0.5, 0.6) is 11.5 Å². The van der Waals surface area contributed by atoms with Gasteiger partial charge in [-0.2, -0.15) is 5.10 Å². The molecular formula is C16H16N2O3. The van der Waals surface area contributed by atoms with Crippen LogP contribution in [0, 0.1) is 0 Å². The minimum absolute atomic E-state index is 0.0578. The van der Waals surface area contributed by atoms with Crippen molar-refractivity contribution in [2.75, 3.05) is 7.11 Å². The number of carbonyl (C=O) groups is 1. The Kier molecular flexibility index (Phi) is 4.56. The molecule has 0 radical (unpaired) electrons. The number of nitrogens with one attached hydrogen (secondary N) is 1. The monoisotopic (exact) mass is 284 g/mol. The highest BCUT2D eigenvalue weighted by molar-refractivity contribution is 6.01. The van der Waals surface area contributed by atoms with Gasteiger partial charge in [-0.05, 0) is 37.3 Å². The van der Waals surface area contributed by atoms with Crippen molar-refractivity contribution in [1.82, 2.24) is 5.43 Å². The van der Waals surface area contributed by atoms with Crippen LogP contribution in [-0.2, 0) is 0 Å². The van der Waals surface area contributed by atoms with Crippen molar-refractivity contribution < 1.29 is 14.6 Å². The maximum absolute atomic E-state index is 11.9. The van der Waals surface area contributed by atoms with Crippen LogP contribution in [0.3, 0.4) is 0 Å². The van der Waals surface area contributed by atoms with Crippen LogP contribution in [0.2, 0.25) is 0 Å². The second-order valence-electron chi connectivity index (χ2n) is 4.39. The lowest BCUT2D eigenvalue weighted by atomic mass is 10.1. The Balaban J connectivity index is 2.13. The zero-order valence-electron chi connectivity index (χ0n) is 11.8. The zero-order valence-corrected chi connectivity index (χ0v) is 11.8. The highest BCUT2D eigenvalue weighted by Crippen LogP contribution is 2.26. The van der Waals surface area contributed by atoms with Crippen LogP contribution >= 0.6 is 0 Å². The number of benzene rings is 2. The Hall–Kier alpha value is -2.82. The van der Waals surface area contributed by atoms with E-state index in [2.05, 4.69) is 10.5 Å². The van der Waals surface area contributed by atoms with Crippen LogP contribution < -0.4 is 10.2 Å². The molecule has 0 spiro atoms. The summed E-state index contributed by atoms with van der Waals surface area (Å²) < 4.78 is 5.04. The van der Waals surface area contributed by atoms with E-state index in [1.54, 1.807) is 43.3 Å². The number of carbonyl (C=O) groups excluding carboxylic acids is 1. The molecule has 0 aliphatic rings. The van der Waals surface area contributed by atoms with Crippen molar-refractivity contribution >= 4 is 11.6 Å². The number of phenols is 1. The first kappa shape index (κ1) is 14.6. The Labute approximate surface area is 122 Å². The molecule has 21 heavy (non-hydrogen) atoms. The first-order valence-corrected chi connectivity index (χ1v) is 6.39. The van der Waals surface area contributed by atoms with Crippen molar-refractivity contribution in [2.45, 2.75) is 6.92 Å². The van der Waals surface area contributed by atoms with Gasteiger partial charge in [-0.3, -0.25) is 4.79 Å². The zero-order chi connectivity index (χ0) is 15.2. The highest BCUT2D eigenvalue weighted by atomic mass is 16.5. The third kappa shape index (κ3) is 3.60. The molecule has 0 bridgehead atoms. The molecule has 2 N–H and O–H groups in total. The largest absolute Gasteiger partial charge is 0.504 e. The highest BCUT2D eigenvalue weighted by Gasteiger charge is 2.06. The van der Waals surface area contributed by atoms with Gasteiger partial charge in [0.25, 0.3) is 5.91 Å². The van der Waals surface area contributed by atoms with E-state index in [0.717, 1.165) is 5.56 Å². The van der Waals surface area contributed by atoms with Gasteiger partial charge in [-0.15, -0.1) is 0 Å². The van der Waals surface area contributed by atoms with Gasteiger partial charge in [0.2, 0.25) is 0 Å². The summed E-state index contributed by atoms with van der Waals surface area (Å²) >= 11 is 0. The molecule has 0 unspecified atom stereocenters. The smallest absolute Gasteiger partial charge is 0.271 e. The van der Waals surface area contributed by atoms with Crippen molar-refractivity contribution in [2.24, 2.45) is 5.10 Å². The van der Waals surface area contributed by atoms with Gasteiger partial charge in [-0.25, -0.2) is 5.43 Å². The lowest BCUT2D eigenvalue weighted by Crippen LogP contribution is -2.19. The van der Waals surface area contributed by atoms with E-state index >= 15 is 0 Å². The lowest BCUT2D eigenvalue weighted by molar-refractivity contribution is 0.0955. The van der Waals surface area contributed by atoms with Gasteiger partial charge >= 0.3 is 0 Å². The van der Waals surface area contributed by atoms with E-state index in [0.29, 0.717) is 17.0 Å². The molecule has 0 saturated carbocycles. The number of ether oxygens (including phenoxy) is 1. The van der Waals surface area contributed by atoms with Crippen molar-refractivity contribution in [3.8, 4) is 11.5 Å². The number of amides is 1. The molecule has 0 atom stereocenters. The number of rotatable bonds is 4. The minimum Gasteiger partial charge on any atom is -0.504 e. The number of hydrazone groups is 1. The van der Waals surface area contributed by atoms with Gasteiger partial charge in [-0.1, -0.05) is 18.2 Å². The van der Waals surface area contributed by atoms with Crippen LogP contribution in [0.1, 0.15) is 22.8 Å². The summed E-state index contributed by atoms with van der Waals surface area (Å²) in [6.45, 7) is 1.76.